The Hall–Kier alpha value is -1.66. The van der Waals surface area contributed by atoms with Gasteiger partial charge in [-0.05, 0) is 24.5 Å². The first kappa shape index (κ1) is 16.2. The number of esters is 1. The average molecular weight is 354 g/mol. The predicted molar refractivity (Wildman–Crippen MR) is 87.9 cm³/mol. The maximum absolute atomic E-state index is 11.9. The van der Waals surface area contributed by atoms with Crippen LogP contribution in [0.15, 0.2) is 30.3 Å². The van der Waals surface area contributed by atoms with E-state index in [1.165, 1.54) is 0 Å². The van der Waals surface area contributed by atoms with E-state index in [1.54, 1.807) is 0 Å². The molecule has 0 spiro atoms. The van der Waals surface area contributed by atoms with Gasteiger partial charge in [0.25, 0.3) is 0 Å². The van der Waals surface area contributed by atoms with Crippen LogP contribution in [0.5, 0.6) is 0 Å². The summed E-state index contributed by atoms with van der Waals surface area (Å²) >= 11 is 6.11. The molecule has 7 heteroatoms. The summed E-state index contributed by atoms with van der Waals surface area (Å²) in [6.07, 6.45) is 0.646. The molecular weight excluding hydrogens is 338 g/mol. The zero-order chi connectivity index (χ0) is 16.4. The van der Waals surface area contributed by atoms with Gasteiger partial charge in [0.15, 0.2) is 9.84 Å². The lowest BCUT2D eigenvalue weighted by atomic mass is 10.1. The molecule has 2 heterocycles. The second kappa shape index (κ2) is 6.45. The Bertz CT molecular complexity index is 850. The summed E-state index contributed by atoms with van der Waals surface area (Å²) in [6.45, 7) is 0.0367. The average Bonchev–Trinajstić information content (AvgIpc) is 2.84. The van der Waals surface area contributed by atoms with Crippen molar-refractivity contribution in [3.8, 4) is 0 Å². The molecule has 2 aromatic rings. The smallest absolute Gasteiger partial charge is 0.306 e. The number of ether oxygens (including phenoxy) is 1. The lowest BCUT2D eigenvalue weighted by Crippen LogP contribution is -2.13. The highest BCUT2D eigenvalue weighted by Gasteiger charge is 2.29. The van der Waals surface area contributed by atoms with Gasteiger partial charge in [-0.2, -0.15) is 0 Å². The number of carbonyl (C=O) groups excluding carboxylic acids is 1. The van der Waals surface area contributed by atoms with E-state index in [0.29, 0.717) is 17.1 Å². The molecule has 1 aliphatic rings. The van der Waals surface area contributed by atoms with Gasteiger partial charge in [-0.25, -0.2) is 13.4 Å². The van der Waals surface area contributed by atoms with Crippen molar-refractivity contribution in [2.75, 3.05) is 11.5 Å². The van der Waals surface area contributed by atoms with Gasteiger partial charge >= 0.3 is 5.97 Å². The second-order valence-corrected chi connectivity index (χ2v) is 8.35. The van der Waals surface area contributed by atoms with E-state index in [1.807, 2.05) is 30.3 Å². The van der Waals surface area contributed by atoms with Gasteiger partial charge in [-0.3, -0.25) is 4.79 Å². The molecular formula is C16H16ClNO4S. The van der Waals surface area contributed by atoms with Crippen LogP contribution in [0.3, 0.4) is 0 Å². The molecule has 23 heavy (non-hydrogen) atoms. The molecule has 1 aromatic heterocycles. The molecule has 1 atom stereocenters. The number of carbonyl (C=O) groups is 1. The fourth-order valence-electron chi connectivity index (χ4n) is 2.72. The third kappa shape index (κ3) is 4.00. The highest BCUT2D eigenvalue weighted by atomic mass is 35.5. The molecule has 3 rings (SSSR count). The highest BCUT2D eigenvalue weighted by Crippen LogP contribution is 2.24. The van der Waals surface area contributed by atoms with Crippen LogP contribution in [0.2, 0.25) is 5.15 Å². The van der Waals surface area contributed by atoms with E-state index in [9.17, 15) is 13.2 Å². The van der Waals surface area contributed by atoms with E-state index in [4.69, 9.17) is 16.3 Å². The first-order valence-corrected chi connectivity index (χ1v) is 9.53. The second-order valence-electron chi connectivity index (χ2n) is 5.76. The van der Waals surface area contributed by atoms with Crippen LogP contribution in [-0.2, 0) is 26.0 Å². The summed E-state index contributed by atoms with van der Waals surface area (Å²) in [4.78, 5) is 16.1. The van der Waals surface area contributed by atoms with E-state index in [0.717, 1.165) is 10.9 Å². The lowest BCUT2D eigenvalue weighted by molar-refractivity contribution is -0.145. The van der Waals surface area contributed by atoms with Crippen LogP contribution >= 0.6 is 11.6 Å². The van der Waals surface area contributed by atoms with Gasteiger partial charge in [0.1, 0.15) is 11.8 Å². The van der Waals surface area contributed by atoms with Gasteiger partial charge in [0, 0.05) is 17.4 Å². The number of halogens is 1. The predicted octanol–water partition coefficient (Wildman–Crippen LogP) is 2.76. The summed E-state index contributed by atoms with van der Waals surface area (Å²) < 4.78 is 28.0. The number of hydrogen-bond donors (Lipinski definition) is 0. The molecule has 0 saturated carbocycles. The molecule has 1 aliphatic heterocycles. The standard InChI is InChI=1S/C16H16ClNO4S/c17-16-13(8-12-3-1-2-4-14(12)18-16)9-22-15(19)7-11-5-6-23(20,21)10-11/h1-4,8,11H,5-7,9-10H2/t11-/m0/s1. The van der Waals surface area contributed by atoms with Crippen molar-refractivity contribution in [1.82, 2.24) is 4.98 Å². The van der Waals surface area contributed by atoms with Gasteiger partial charge in [0.05, 0.1) is 17.0 Å². The van der Waals surface area contributed by atoms with E-state index >= 15 is 0 Å². The van der Waals surface area contributed by atoms with Crippen molar-refractivity contribution in [3.63, 3.8) is 0 Å². The summed E-state index contributed by atoms with van der Waals surface area (Å²) in [7, 11) is -2.98. The Kier molecular flexibility index (Phi) is 4.55. The Morgan fingerprint density at radius 1 is 1.35 bits per heavy atom. The summed E-state index contributed by atoms with van der Waals surface area (Å²) in [5, 5.41) is 1.23. The van der Waals surface area contributed by atoms with Crippen molar-refractivity contribution in [2.24, 2.45) is 5.92 Å². The fourth-order valence-corrected chi connectivity index (χ4v) is 4.79. The largest absolute Gasteiger partial charge is 0.461 e. The number of aromatic nitrogens is 1. The number of nitrogens with zero attached hydrogens (tertiary/aromatic N) is 1. The number of rotatable bonds is 4. The summed E-state index contributed by atoms with van der Waals surface area (Å²) in [5.74, 6) is -0.319. The van der Waals surface area contributed by atoms with Crippen molar-refractivity contribution in [2.45, 2.75) is 19.4 Å². The highest BCUT2D eigenvalue weighted by molar-refractivity contribution is 7.91. The van der Waals surface area contributed by atoms with Crippen molar-refractivity contribution in [3.05, 3.63) is 41.0 Å². The summed E-state index contributed by atoms with van der Waals surface area (Å²) in [5.41, 5.74) is 1.42. The Morgan fingerprint density at radius 2 is 2.13 bits per heavy atom. The molecule has 0 N–H and O–H groups in total. The Morgan fingerprint density at radius 3 is 2.87 bits per heavy atom. The maximum Gasteiger partial charge on any atom is 0.306 e. The van der Waals surface area contributed by atoms with Gasteiger partial charge in [-0.1, -0.05) is 29.8 Å². The monoisotopic (exact) mass is 353 g/mol. The third-order valence-electron chi connectivity index (χ3n) is 3.92. The van der Waals surface area contributed by atoms with Crippen molar-refractivity contribution in [1.29, 1.82) is 0 Å². The van der Waals surface area contributed by atoms with Gasteiger partial charge in [-0.15, -0.1) is 0 Å². The number of para-hydroxylation sites is 1. The van der Waals surface area contributed by atoms with Crippen LogP contribution < -0.4 is 0 Å². The minimum Gasteiger partial charge on any atom is -0.461 e. The van der Waals surface area contributed by atoms with Crippen LogP contribution in [0, 0.1) is 5.92 Å². The van der Waals surface area contributed by atoms with E-state index < -0.39 is 15.8 Å². The van der Waals surface area contributed by atoms with Gasteiger partial charge in [0.2, 0.25) is 0 Å². The number of pyridine rings is 1. The SMILES string of the molecule is O=C(C[C@@H]1CCS(=O)(=O)C1)OCc1cc2ccccc2nc1Cl. The van der Waals surface area contributed by atoms with Crippen LogP contribution in [0.1, 0.15) is 18.4 Å². The zero-order valence-electron chi connectivity index (χ0n) is 12.4. The molecule has 122 valence electrons. The molecule has 0 aliphatic carbocycles. The number of hydrogen-bond acceptors (Lipinski definition) is 5. The molecule has 0 radical (unpaired) electrons. The minimum atomic E-state index is -2.98. The maximum atomic E-state index is 11.9. The van der Waals surface area contributed by atoms with Crippen LogP contribution in [-0.4, -0.2) is 30.9 Å². The first-order valence-electron chi connectivity index (χ1n) is 7.33. The molecule has 0 amide bonds. The van der Waals surface area contributed by atoms with E-state index in [-0.39, 0.29) is 30.5 Å². The fraction of sp³-hybridized carbons (Fsp3) is 0.375. The van der Waals surface area contributed by atoms with Crippen LogP contribution in [0.4, 0.5) is 0 Å². The molecule has 0 unspecified atom stereocenters. The van der Waals surface area contributed by atoms with Crippen LogP contribution in [0.25, 0.3) is 10.9 Å². The topological polar surface area (TPSA) is 73.3 Å². The first-order chi connectivity index (χ1) is 10.9. The summed E-state index contributed by atoms with van der Waals surface area (Å²) in [6, 6.07) is 9.39. The molecule has 5 nitrogen and oxygen atoms in total. The minimum absolute atomic E-state index is 0.0367. The third-order valence-corrected chi connectivity index (χ3v) is 6.09. The quantitative estimate of drug-likeness (QED) is 0.624. The normalized spacial score (nSPS) is 19.8. The van der Waals surface area contributed by atoms with Gasteiger partial charge < -0.3 is 4.74 Å². The lowest BCUT2D eigenvalue weighted by Gasteiger charge is -2.10. The zero-order valence-corrected chi connectivity index (χ0v) is 13.9. The molecule has 0 bridgehead atoms. The number of sulfone groups is 1. The van der Waals surface area contributed by atoms with Crippen molar-refractivity contribution >= 4 is 38.3 Å². The molecule has 1 saturated heterocycles. The Labute approximate surface area is 139 Å². The molecule has 1 fully saturated rings. The number of benzene rings is 1. The molecule has 1 aromatic carbocycles. The van der Waals surface area contributed by atoms with E-state index in [2.05, 4.69) is 4.98 Å². The number of fused-ring (bicyclic) bond motifs is 1. The Balaban J connectivity index is 1.62. The van der Waals surface area contributed by atoms with Crippen molar-refractivity contribution < 1.29 is 17.9 Å².